The molecule has 18 heavy (non-hydrogen) atoms. The summed E-state index contributed by atoms with van der Waals surface area (Å²) < 4.78 is 30.9. The van der Waals surface area contributed by atoms with Crippen molar-refractivity contribution in [1.82, 2.24) is 10.0 Å². The zero-order valence-electron chi connectivity index (χ0n) is 10.4. The highest BCUT2D eigenvalue weighted by Crippen LogP contribution is 2.20. The van der Waals surface area contributed by atoms with E-state index in [1.54, 1.807) is 7.05 Å². The molecule has 6 nitrogen and oxygen atoms in total. The lowest BCUT2D eigenvalue weighted by atomic mass is 10.3. The summed E-state index contributed by atoms with van der Waals surface area (Å²) in [5, 5.41) is 4.38. The van der Waals surface area contributed by atoms with Crippen LogP contribution in [0, 0.1) is 0 Å². The number of likely N-dealkylation sites (N-methyl/N-ethyl adjacent to an activating group) is 1. The molecule has 0 aliphatic rings. The largest absolute Gasteiger partial charge is 0.465 e. The highest BCUT2D eigenvalue weighted by Gasteiger charge is 2.19. The molecule has 0 aromatic carbocycles. The first-order valence-corrected chi connectivity index (χ1v) is 7.60. The van der Waals surface area contributed by atoms with E-state index in [9.17, 15) is 13.2 Å². The van der Waals surface area contributed by atoms with Crippen LogP contribution in [0.5, 0.6) is 0 Å². The van der Waals surface area contributed by atoms with Gasteiger partial charge < -0.3 is 10.1 Å². The van der Waals surface area contributed by atoms with Gasteiger partial charge in [-0.15, -0.1) is 11.3 Å². The molecule has 0 amide bonds. The van der Waals surface area contributed by atoms with Crippen molar-refractivity contribution in [2.75, 3.05) is 20.7 Å². The summed E-state index contributed by atoms with van der Waals surface area (Å²) in [7, 11) is -0.565. The van der Waals surface area contributed by atoms with Crippen LogP contribution in [0.15, 0.2) is 15.7 Å². The maximum atomic E-state index is 11.9. The monoisotopic (exact) mass is 292 g/mol. The van der Waals surface area contributed by atoms with Crippen LogP contribution in [-0.4, -0.2) is 41.1 Å². The standard InChI is InChI=1S/C10H16N2O4S2/c1-7(11-2)5-12-18(14,15)9-4-8(6-17-9)10(13)16-3/h4,6-7,11-12H,5H2,1-3H3. The Balaban J connectivity index is 2.79. The fourth-order valence-electron chi connectivity index (χ4n) is 1.09. The normalized spacial score (nSPS) is 13.3. The third-order valence-corrected chi connectivity index (χ3v) is 5.20. The molecular formula is C10H16N2O4S2. The van der Waals surface area contributed by atoms with Crippen LogP contribution >= 0.6 is 11.3 Å². The molecule has 1 atom stereocenters. The summed E-state index contributed by atoms with van der Waals surface area (Å²) >= 11 is 0.988. The molecule has 102 valence electrons. The number of esters is 1. The molecule has 1 aromatic heterocycles. The summed E-state index contributed by atoms with van der Waals surface area (Å²) in [6.07, 6.45) is 0. The second kappa shape index (κ2) is 6.28. The number of rotatable bonds is 6. The van der Waals surface area contributed by atoms with Gasteiger partial charge in [0.1, 0.15) is 4.21 Å². The lowest BCUT2D eigenvalue weighted by Gasteiger charge is -2.10. The van der Waals surface area contributed by atoms with Crippen LogP contribution in [0.4, 0.5) is 0 Å². The minimum atomic E-state index is -3.57. The quantitative estimate of drug-likeness (QED) is 0.742. The first-order valence-electron chi connectivity index (χ1n) is 5.24. The van der Waals surface area contributed by atoms with Crippen LogP contribution < -0.4 is 10.0 Å². The minimum absolute atomic E-state index is 0.0276. The van der Waals surface area contributed by atoms with Gasteiger partial charge in [0.2, 0.25) is 10.0 Å². The van der Waals surface area contributed by atoms with E-state index in [2.05, 4.69) is 14.8 Å². The van der Waals surface area contributed by atoms with E-state index in [4.69, 9.17) is 0 Å². The third-order valence-electron chi connectivity index (χ3n) is 2.33. The van der Waals surface area contributed by atoms with E-state index in [-0.39, 0.29) is 22.4 Å². The molecule has 1 rings (SSSR count). The summed E-state index contributed by atoms with van der Waals surface area (Å²) in [5.74, 6) is -0.545. The number of methoxy groups -OCH3 is 1. The van der Waals surface area contributed by atoms with E-state index < -0.39 is 16.0 Å². The van der Waals surface area contributed by atoms with Gasteiger partial charge in [-0.1, -0.05) is 0 Å². The number of sulfonamides is 1. The topological polar surface area (TPSA) is 84.5 Å². The van der Waals surface area contributed by atoms with Crippen molar-refractivity contribution in [3.63, 3.8) is 0 Å². The van der Waals surface area contributed by atoms with E-state index >= 15 is 0 Å². The van der Waals surface area contributed by atoms with Crippen LogP contribution in [-0.2, 0) is 14.8 Å². The van der Waals surface area contributed by atoms with Crippen molar-refractivity contribution in [3.8, 4) is 0 Å². The van der Waals surface area contributed by atoms with Crippen molar-refractivity contribution in [1.29, 1.82) is 0 Å². The molecule has 0 fully saturated rings. The molecule has 0 saturated heterocycles. The Hall–Kier alpha value is -0.960. The van der Waals surface area contributed by atoms with E-state index in [1.807, 2.05) is 6.92 Å². The average molecular weight is 292 g/mol. The molecule has 0 aliphatic carbocycles. The first kappa shape index (κ1) is 15.1. The predicted octanol–water partition coefficient (Wildman–Crippen LogP) is 0.421. The molecule has 0 bridgehead atoms. The minimum Gasteiger partial charge on any atom is -0.465 e. The molecule has 0 radical (unpaired) electrons. The number of thiophene rings is 1. The Kier molecular flexibility index (Phi) is 5.27. The van der Waals surface area contributed by atoms with Gasteiger partial charge in [0.25, 0.3) is 0 Å². The van der Waals surface area contributed by atoms with E-state index in [0.29, 0.717) is 0 Å². The summed E-state index contributed by atoms with van der Waals surface area (Å²) in [5.41, 5.74) is 0.240. The number of carbonyl (C=O) groups excluding carboxylic acids is 1. The third kappa shape index (κ3) is 3.77. The zero-order chi connectivity index (χ0) is 13.8. The maximum Gasteiger partial charge on any atom is 0.338 e. The van der Waals surface area contributed by atoms with Crippen LogP contribution in [0.1, 0.15) is 17.3 Å². The van der Waals surface area contributed by atoms with Crippen molar-refractivity contribution in [3.05, 3.63) is 17.0 Å². The molecule has 0 aliphatic heterocycles. The van der Waals surface area contributed by atoms with Gasteiger partial charge in [-0.25, -0.2) is 17.9 Å². The van der Waals surface area contributed by atoms with Gasteiger partial charge in [-0.2, -0.15) is 0 Å². The lowest BCUT2D eigenvalue weighted by molar-refractivity contribution is 0.0601. The lowest BCUT2D eigenvalue weighted by Crippen LogP contribution is -2.36. The van der Waals surface area contributed by atoms with Crippen molar-refractivity contribution >= 4 is 27.3 Å². The first-order chi connectivity index (χ1) is 8.40. The number of carbonyl (C=O) groups is 1. The highest BCUT2D eigenvalue weighted by atomic mass is 32.2. The smallest absolute Gasteiger partial charge is 0.338 e. The number of hydrogen-bond acceptors (Lipinski definition) is 6. The van der Waals surface area contributed by atoms with Gasteiger partial charge in [-0.3, -0.25) is 0 Å². The van der Waals surface area contributed by atoms with Crippen molar-refractivity contribution in [2.45, 2.75) is 17.2 Å². The fraction of sp³-hybridized carbons (Fsp3) is 0.500. The summed E-state index contributed by atoms with van der Waals surface area (Å²) in [6.45, 7) is 2.14. The Morgan fingerprint density at radius 3 is 2.78 bits per heavy atom. The predicted molar refractivity (Wildman–Crippen MR) is 69.4 cm³/mol. The highest BCUT2D eigenvalue weighted by molar-refractivity contribution is 7.91. The Bertz CT molecular complexity index is 510. The Morgan fingerprint density at radius 1 is 1.56 bits per heavy atom. The van der Waals surface area contributed by atoms with Gasteiger partial charge in [0.15, 0.2) is 0 Å². The second-order valence-corrected chi connectivity index (χ2v) is 6.59. The van der Waals surface area contributed by atoms with Crippen molar-refractivity contribution in [2.24, 2.45) is 0 Å². The number of ether oxygens (including phenoxy) is 1. The molecule has 1 aromatic rings. The summed E-state index contributed by atoms with van der Waals surface area (Å²) in [4.78, 5) is 11.2. The fourth-order valence-corrected chi connectivity index (χ4v) is 3.41. The Labute approximate surface area is 110 Å². The number of hydrogen-bond donors (Lipinski definition) is 2. The molecule has 1 unspecified atom stereocenters. The van der Waals surface area contributed by atoms with Crippen LogP contribution in [0.25, 0.3) is 0 Å². The number of nitrogens with one attached hydrogen (secondary N) is 2. The molecule has 1 heterocycles. The van der Waals surface area contributed by atoms with Crippen LogP contribution in [0.3, 0.4) is 0 Å². The van der Waals surface area contributed by atoms with E-state index in [1.165, 1.54) is 18.6 Å². The SMILES string of the molecule is CNC(C)CNS(=O)(=O)c1cc(C(=O)OC)cs1. The van der Waals surface area contributed by atoms with Gasteiger partial charge in [0, 0.05) is 18.0 Å². The molecular weight excluding hydrogens is 276 g/mol. The van der Waals surface area contributed by atoms with Gasteiger partial charge >= 0.3 is 5.97 Å². The molecule has 2 N–H and O–H groups in total. The van der Waals surface area contributed by atoms with Gasteiger partial charge in [0.05, 0.1) is 12.7 Å². The molecule has 8 heteroatoms. The molecule has 0 saturated carbocycles. The van der Waals surface area contributed by atoms with Crippen LogP contribution in [0.2, 0.25) is 0 Å². The average Bonchev–Trinajstić information content (AvgIpc) is 2.85. The van der Waals surface area contributed by atoms with Gasteiger partial charge in [-0.05, 0) is 20.0 Å². The zero-order valence-corrected chi connectivity index (χ0v) is 12.0. The van der Waals surface area contributed by atoms with Crippen molar-refractivity contribution < 1.29 is 17.9 Å². The van der Waals surface area contributed by atoms with E-state index in [0.717, 1.165) is 11.3 Å². The summed E-state index contributed by atoms with van der Waals surface area (Å²) in [6, 6.07) is 1.34. The Morgan fingerprint density at radius 2 is 2.22 bits per heavy atom. The second-order valence-electron chi connectivity index (χ2n) is 3.69. The maximum absolute atomic E-state index is 11.9. The molecule has 0 spiro atoms.